The van der Waals surface area contributed by atoms with Crippen LogP contribution in [0.3, 0.4) is 0 Å². The molecular formula is C37H39N5O7S. The number of aromatic amines is 1. The Labute approximate surface area is 290 Å². The molecule has 1 aromatic heterocycles. The molecule has 5 aromatic rings. The number of aryl methyl sites for hydroxylation is 1. The van der Waals surface area contributed by atoms with Crippen LogP contribution in [-0.4, -0.2) is 102 Å². The minimum absolute atomic E-state index is 0.0326. The maximum Gasteiger partial charge on any atom is 0.335 e. The Morgan fingerprint density at radius 2 is 1.52 bits per heavy atom. The first kappa shape index (κ1) is 36.0. The second-order valence-corrected chi connectivity index (χ2v) is 13.5. The van der Waals surface area contributed by atoms with Crippen molar-refractivity contribution in [2.24, 2.45) is 4.99 Å². The Morgan fingerprint density at radius 3 is 2.12 bits per heavy atom. The van der Waals surface area contributed by atoms with Crippen molar-refractivity contribution >= 4 is 50.0 Å². The third kappa shape index (κ3) is 8.81. The zero-order chi connectivity index (χ0) is 36.0. The van der Waals surface area contributed by atoms with Gasteiger partial charge in [-0.2, -0.15) is 8.42 Å². The number of fused-ring (bicyclic) bond motifs is 1. The van der Waals surface area contributed by atoms with Gasteiger partial charge >= 0.3 is 5.97 Å². The van der Waals surface area contributed by atoms with E-state index in [0.29, 0.717) is 34.4 Å². The highest BCUT2D eigenvalue weighted by molar-refractivity contribution is 7.85. The highest BCUT2D eigenvalue weighted by Crippen LogP contribution is 2.32. The number of nitrogens with zero attached hydrogens (tertiary/aromatic N) is 4. The lowest BCUT2D eigenvalue weighted by Crippen LogP contribution is -2.48. The third-order valence-corrected chi connectivity index (χ3v) is 9.30. The molecule has 2 heterocycles. The molecule has 0 unspecified atom stereocenters. The monoisotopic (exact) mass is 697 g/mol. The average molecular weight is 698 g/mol. The maximum absolute atomic E-state index is 12.9. The van der Waals surface area contributed by atoms with E-state index in [1.165, 1.54) is 24.3 Å². The number of aliphatic imine (C=N–C) groups is 1. The molecule has 0 bridgehead atoms. The van der Waals surface area contributed by atoms with E-state index in [1.54, 1.807) is 30.1 Å². The Balaban J connectivity index is 0.000000377. The van der Waals surface area contributed by atoms with Crippen molar-refractivity contribution in [1.29, 1.82) is 0 Å². The lowest BCUT2D eigenvalue weighted by molar-refractivity contribution is -0.119. The van der Waals surface area contributed by atoms with E-state index in [9.17, 15) is 28.2 Å². The summed E-state index contributed by atoms with van der Waals surface area (Å²) in [7, 11) is -0.149. The molecule has 0 saturated carbocycles. The fraction of sp³-hybridized carbons (Fsp3) is 0.216. The Bertz CT molecular complexity index is 2110. The van der Waals surface area contributed by atoms with E-state index in [0.717, 1.165) is 43.0 Å². The van der Waals surface area contributed by atoms with Crippen molar-refractivity contribution < 1.29 is 32.8 Å². The number of nitrogens with one attached hydrogen (secondary N) is 1. The second kappa shape index (κ2) is 15.5. The minimum atomic E-state index is -4.02. The first-order valence-electron chi connectivity index (χ1n) is 15.8. The van der Waals surface area contributed by atoms with Crippen LogP contribution in [0, 0.1) is 6.92 Å². The molecule has 4 aromatic carbocycles. The number of carboxylic acids is 1. The highest BCUT2D eigenvalue weighted by Gasteiger charge is 2.21. The normalized spacial score (nSPS) is 14.2. The van der Waals surface area contributed by atoms with Crippen molar-refractivity contribution in [2.75, 3.05) is 51.7 Å². The molecule has 4 N–H and O–H groups in total. The van der Waals surface area contributed by atoms with Crippen molar-refractivity contribution in [1.82, 2.24) is 14.8 Å². The molecule has 6 rings (SSSR count). The summed E-state index contributed by atoms with van der Waals surface area (Å²) in [4.78, 5) is 38.1. The van der Waals surface area contributed by atoms with Crippen LogP contribution < -0.4 is 4.90 Å². The average Bonchev–Trinajstić information content (AvgIpc) is 3.43. The number of aromatic carboxylic acids is 1. The van der Waals surface area contributed by atoms with Crippen LogP contribution in [0.25, 0.3) is 10.9 Å². The van der Waals surface area contributed by atoms with Gasteiger partial charge in [0.2, 0.25) is 5.91 Å². The fourth-order valence-electron chi connectivity index (χ4n) is 5.45. The van der Waals surface area contributed by atoms with Gasteiger partial charge in [-0.3, -0.25) is 14.2 Å². The molecule has 1 saturated heterocycles. The van der Waals surface area contributed by atoms with Gasteiger partial charge in [-0.1, -0.05) is 54.1 Å². The molecule has 0 spiro atoms. The molecule has 0 radical (unpaired) electrons. The smallest absolute Gasteiger partial charge is 0.335 e. The number of aromatic hydroxyl groups is 1. The molecular weight excluding hydrogens is 659 g/mol. The summed E-state index contributed by atoms with van der Waals surface area (Å²) in [6.45, 7) is 5.90. The second-order valence-electron chi connectivity index (χ2n) is 12.1. The summed E-state index contributed by atoms with van der Waals surface area (Å²) in [6, 6.07) is 27.6. The largest absolute Gasteiger partial charge is 0.494 e. The zero-order valence-electron chi connectivity index (χ0n) is 27.9. The van der Waals surface area contributed by atoms with E-state index in [4.69, 9.17) is 9.55 Å². The molecule has 260 valence electrons. The Morgan fingerprint density at radius 1 is 0.880 bits per heavy atom. The van der Waals surface area contributed by atoms with Crippen LogP contribution in [0.4, 0.5) is 11.4 Å². The molecule has 12 nitrogen and oxygen atoms in total. The number of rotatable bonds is 8. The van der Waals surface area contributed by atoms with Gasteiger partial charge in [-0.15, -0.1) is 0 Å². The summed E-state index contributed by atoms with van der Waals surface area (Å²) >= 11 is 0. The number of hydrogen-bond donors (Lipinski definition) is 4. The van der Waals surface area contributed by atoms with Gasteiger partial charge in [-0.05, 0) is 62.5 Å². The molecule has 1 aliphatic rings. The number of aromatic nitrogens is 1. The van der Waals surface area contributed by atoms with Crippen LogP contribution in [0.2, 0.25) is 0 Å². The van der Waals surface area contributed by atoms with Gasteiger partial charge in [-0.25, -0.2) is 9.79 Å². The Hall–Kier alpha value is -5.34. The Kier molecular flexibility index (Phi) is 11.1. The topological polar surface area (TPSA) is 167 Å². The van der Waals surface area contributed by atoms with E-state index in [-0.39, 0.29) is 22.2 Å². The van der Waals surface area contributed by atoms with E-state index >= 15 is 0 Å². The van der Waals surface area contributed by atoms with Gasteiger partial charge in [0.1, 0.15) is 0 Å². The lowest BCUT2D eigenvalue weighted by atomic mass is 10.00. The van der Waals surface area contributed by atoms with Gasteiger partial charge < -0.3 is 25.0 Å². The summed E-state index contributed by atoms with van der Waals surface area (Å²) in [5.41, 5.74) is 4.81. The molecule has 1 fully saturated rings. The number of piperazine rings is 1. The summed E-state index contributed by atoms with van der Waals surface area (Å²) in [5, 5.41) is 20.9. The maximum atomic E-state index is 12.9. The number of benzene rings is 4. The van der Waals surface area contributed by atoms with E-state index < -0.39 is 16.1 Å². The number of likely N-dealkylation sites (N-methyl/N-ethyl adjacent to an activating group) is 2. The van der Waals surface area contributed by atoms with Crippen molar-refractivity contribution in [3.8, 4) is 5.88 Å². The van der Waals surface area contributed by atoms with Crippen molar-refractivity contribution in [2.45, 2.75) is 11.8 Å². The summed E-state index contributed by atoms with van der Waals surface area (Å²) in [6.07, 6.45) is 0. The van der Waals surface area contributed by atoms with Crippen LogP contribution in [0.5, 0.6) is 5.88 Å². The molecule has 1 amide bonds. The van der Waals surface area contributed by atoms with Gasteiger partial charge in [0.25, 0.3) is 10.1 Å². The number of hydrogen-bond acceptors (Lipinski definition) is 8. The zero-order valence-corrected chi connectivity index (χ0v) is 28.8. The number of amides is 1. The number of anilines is 1. The highest BCUT2D eigenvalue weighted by atomic mass is 32.2. The van der Waals surface area contributed by atoms with Crippen molar-refractivity contribution in [3.05, 3.63) is 119 Å². The van der Waals surface area contributed by atoms with E-state index in [1.807, 2.05) is 61.5 Å². The van der Waals surface area contributed by atoms with Gasteiger partial charge in [0.05, 0.1) is 34.0 Å². The van der Waals surface area contributed by atoms with Crippen molar-refractivity contribution in [3.63, 3.8) is 0 Å². The first-order chi connectivity index (χ1) is 23.8. The summed E-state index contributed by atoms with van der Waals surface area (Å²) < 4.78 is 29.6. The number of carbonyl (C=O) groups excluding carboxylic acids is 1. The van der Waals surface area contributed by atoms with Crippen LogP contribution >= 0.6 is 0 Å². The molecule has 13 heteroatoms. The summed E-state index contributed by atoms with van der Waals surface area (Å²) in [5.74, 6) is -1.11. The number of carbonyl (C=O) groups is 2. The number of H-pyrrole nitrogens is 1. The predicted octanol–water partition coefficient (Wildman–Crippen LogP) is 5.19. The van der Waals surface area contributed by atoms with Crippen LogP contribution in [0.1, 0.15) is 27.0 Å². The minimum Gasteiger partial charge on any atom is -0.494 e. The number of carboxylic acid groups (broad SMARTS) is 1. The van der Waals surface area contributed by atoms with Gasteiger partial charge in [0.15, 0.2) is 5.88 Å². The molecule has 0 aliphatic carbocycles. The standard InChI is InChI=1S/C30H31N5O4.C7H8O3S/c1-33-14-16-35(17-15-33)19-26(36)34(2)23-11-9-22(10-12-23)31-28(20-6-4-3-5-7-20)27-24-13-8-21(30(38)39)18-25(24)32-29(27)37;1-6-2-4-7(5-3-6)11(8,9)10/h3-13,18,32,37H,14-17,19H2,1-2H3,(H,38,39);2-5H,1H3,(H,8,9,10). The molecule has 50 heavy (non-hydrogen) atoms. The first-order valence-corrected chi connectivity index (χ1v) is 17.3. The molecule has 0 atom stereocenters. The predicted molar refractivity (Wildman–Crippen MR) is 193 cm³/mol. The van der Waals surface area contributed by atoms with Crippen LogP contribution in [0.15, 0.2) is 107 Å². The van der Waals surface area contributed by atoms with E-state index in [2.05, 4.69) is 21.8 Å². The SMILES string of the molecule is CN1CCN(CC(=O)N(C)c2ccc(N=C(c3ccccc3)c3c(O)[nH]c4cc(C(=O)O)ccc34)cc2)CC1.Cc1ccc(S(=O)(=O)O)cc1. The fourth-order valence-corrected chi connectivity index (χ4v) is 5.93. The third-order valence-electron chi connectivity index (χ3n) is 8.44. The van der Waals surface area contributed by atoms with Gasteiger partial charge in [0, 0.05) is 55.4 Å². The van der Waals surface area contributed by atoms with Crippen LogP contribution in [-0.2, 0) is 14.9 Å². The quantitative estimate of drug-likeness (QED) is 0.126. The lowest BCUT2D eigenvalue weighted by Gasteiger charge is -2.32. The molecule has 1 aliphatic heterocycles.